The fourth-order valence-corrected chi connectivity index (χ4v) is 4.20. The maximum atomic E-state index is 12.5. The Bertz CT molecular complexity index is 1360. The summed E-state index contributed by atoms with van der Waals surface area (Å²) in [5, 5.41) is 12.0. The smallest absolute Gasteiger partial charge is 0.268 e. The van der Waals surface area contributed by atoms with Gasteiger partial charge in [-0.3, -0.25) is 10.1 Å². The lowest BCUT2D eigenvalue weighted by molar-refractivity contribution is -0.112. The summed E-state index contributed by atoms with van der Waals surface area (Å²) in [5.74, 6) is 0.198. The molecular formula is C22H19ClN4O5S2. The minimum Gasteiger partial charge on any atom is -0.490 e. The molecule has 2 aromatic carbocycles. The number of anilines is 1. The summed E-state index contributed by atoms with van der Waals surface area (Å²) >= 11 is 6.61. The van der Waals surface area contributed by atoms with Gasteiger partial charge in [0.25, 0.3) is 11.1 Å². The second kappa shape index (κ2) is 11.1. The van der Waals surface area contributed by atoms with Gasteiger partial charge >= 0.3 is 0 Å². The minimum atomic E-state index is -3.61. The van der Waals surface area contributed by atoms with Crippen LogP contribution in [-0.2, 0) is 21.2 Å². The highest BCUT2D eigenvalue weighted by Crippen LogP contribution is 2.30. The molecule has 176 valence electrons. The number of carbonyl (C=O) groups is 1. The second-order valence-electron chi connectivity index (χ2n) is 6.83. The first-order valence-electron chi connectivity index (χ1n) is 9.80. The van der Waals surface area contributed by atoms with Gasteiger partial charge in [-0.05, 0) is 48.4 Å². The first-order valence-corrected chi connectivity index (χ1v) is 12.8. The average molecular weight is 519 g/mol. The van der Waals surface area contributed by atoms with Gasteiger partial charge in [-0.2, -0.15) is 14.6 Å². The predicted molar refractivity (Wildman–Crippen MR) is 129 cm³/mol. The van der Waals surface area contributed by atoms with Crippen LogP contribution in [0.4, 0.5) is 5.13 Å². The molecule has 9 nitrogen and oxygen atoms in total. The van der Waals surface area contributed by atoms with Crippen LogP contribution >= 0.6 is 23.1 Å². The van der Waals surface area contributed by atoms with E-state index in [1.54, 1.807) is 30.3 Å². The standard InChI is InChI=1S/C22H19ClN4O5S2/c1-3-31-19-11-15(6-9-18(19)32-13-14-4-7-17(23)8-5-14)10-16(12-24)20(28)25-21-26-22(27-33-21)34(2,29)30/h4-11H,3,13H2,1-2H3,(H,25,26,27,28). The van der Waals surface area contributed by atoms with Crippen LogP contribution in [0.3, 0.4) is 0 Å². The summed E-state index contributed by atoms with van der Waals surface area (Å²) in [4.78, 5) is 16.2. The second-order valence-corrected chi connectivity index (χ2v) is 9.93. The zero-order chi connectivity index (χ0) is 24.7. The Morgan fingerprint density at radius 1 is 1.21 bits per heavy atom. The zero-order valence-corrected chi connectivity index (χ0v) is 20.5. The molecule has 0 unspecified atom stereocenters. The number of rotatable bonds is 9. The van der Waals surface area contributed by atoms with Crippen molar-refractivity contribution in [2.45, 2.75) is 18.7 Å². The molecule has 0 radical (unpaired) electrons. The van der Waals surface area contributed by atoms with Gasteiger partial charge in [0, 0.05) is 22.8 Å². The first-order chi connectivity index (χ1) is 16.2. The van der Waals surface area contributed by atoms with Crippen molar-refractivity contribution in [2.24, 2.45) is 0 Å². The van der Waals surface area contributed by atoms with Crippen molar-refractivity contribution < 1.29 is 22.7 Å². The van der Waals surface area contributed by atoms with E-state index in [0.29, 0.717) is 46.8 Å². The monoisotopic (exact) mass is 518 g/mol. The average Bonchev–Trinajstić information content (AvgIpc) is 3.27. The van der Waals surface area contributed by atoms with E-state index in [0.717, 1.165) is 11.8 Å². The Balaban J connectivity index is 1.77. The Hall–Kier alpha value is -3.46. The Kier molecular flexibility index (Phi) is 8.22. The van der Waals surface area contributed by atoms with Gasteiger partial charge in [0.2, 0.25) is 15.0 Å². The third-order valence-electron chi connectivity index (χ3n) is 4.21. The van der Waals surface area contributed by atoms with Gasteiger partial charge in [0.15, 0.2) is 11.5 Å². The summed E-state index contributed by atoms with van der Waals surface area (Å²) in [6, 6.07) is 14.1. The van der Waals surface area contributed by atoms with Crippen molar-refractivity contribution in [1.82, 2.24) is 9.36 Å². The van der Waals surface area contributed by atoms with Crippen LogP contribution in [0.1, 0.15) is 18.1 Å². The molecular weight excluding hydrogens is 500 g/mol. The maximum absolute atomic E-state index is 12.5. The highest BCUT2D eigenvalue weighted by molar-refractivity contribution is 7.90. The van der Waals surface area contributed by atoms with Crippen LogP contribution in [-0.4, -0.2) is 36.5 Å². The molecule has 0 aliphatic rings. The lowest BCUT2D eigenvalue weighted by atomic mass is 10.1. The maximum Gasteiger partial charge on any atom is 0.268 e. The Labute approximate surface area is 205 Å². The van der Waals surface area contributed by atoms with Gasteiger partial charge < -0.3 is 9.47 Å². The van der Waals surface area contributed by atoms with Gasteiger partial charge in [0.1, 0.15) is 18.2 Å². The third-order valence-corrected chi connectivity index (χ3v) is 6.05. The van der Waals surface area contributed by atoms with Crippen molar-refractivity contribution in [1.29, 1.82) is 5.26 Å². The van der Waals surface area contributed by atoms with Crippen molar-refractivity contribution in [2.75, 3.05) is 18.2 Å². The lowest BCUT2D eigenvalue weighted by Crippen LogP contribution is -2.13. The number of benzene rings is 2. The van der Waals surface area contributed by atoms with E-state index in [1.165, 1.54) is 6.08 Å². The SMILES string of the molecule is CCOc1cc(C=C(C#N)C(=O)Nc2nc(S(C)(=O)=O)ns2)ccc1OCc1ccc(Cl)cc1. The number of aromatic nitrogens is 2. The topological polar surface area (TPSA) is 131 Å². The molecule has 0 aliphatic carbocycles. The minimum absolute atomic E-state index is 0.0347. The first kappa shape index (κ1) is 25.2. The van der Waals surface area contributed by atoms with Crippen molar-refractivity contribution >= 4 is 50.1 Å². The molecule has 0 spiro atoms. The molecule has 0 fully saturated rings. The molecule has 0 atom stereocenters. The fraction of sp³-hybridized carbons (Fsp3) is 0.182. The molecule has 1 heterocycles. The number of carbonyl (C=O) groups excluding carboxylic acids is 1. The van der Waals surface area contributed by atoms with Gasteiger partial charge in [-0.25, -0.2) is 8.42 Å². The number of hydrogen-bond donors (Lipinski definition) is 1. The van der Waals surface area contributed by atoms with Crippen LogP contribution in [0.15, 0.2) is 53.2 Å². The van der Waals surface area contributed by atoms with E-state index in [-0.39, 0.29) is 10.7 Å². The molecule has 1 N–H and O–H groups in total. The Morgan fingerprint density at radius 3 is 2.56 bits per heavy atom. The molecule has 34 heavy (non-hydrogen) atoms. The van der Waals surface area contributed by atoms with Gasteiger partial charge in [-0.15, -0.1) is 0 Å². The molecule has 1 aromatic heterocycles. The van der Waals surface area contributed by atoms with Crippen molar-refractivity contribution in [3.8, 4) is 17.6 Å². The summed E-state index contributed by atoms with van der Waals surface area (Å²) in [7, 11) is -3.61. The number of ether oxygens (including phenoxy) is 2. The number of nitrogens with zero attached hydrogens (tertiary/aromatic N) is 3. The fourth-order valence-electron chi connectivity index (χ4n) is 2.63. The largest absolute Gasteiger partial charge is 0.490 e. The van der Waals surface area contributed by atoms with Crippen LogP contribution in [0.25, 0.3) is 6.08 Å². The highest BCUT2D eigenvalue weighted by Gasteiger charge is 2.18. The van der Waals surface area contributed by atoms with Crippen LogP contribution in [0, 0.1) is 11.3 Å². The highest BCUT2D eigenvalue weighted by atomic mass is 35.5. The normalized spacial score (nSPS) is 11.5. The number of amides is 1. The number of nitrogens with one attached hydrogen (secondary N) is 1. The molecule has 0 saturated carbocycles. The molecule has 12 heteroatoms. The molecule has 0 bridgehead atoms. The van der Waals surface area contributed by atoms with Crippen LogP contribution < -0.4 is 14.8 Å². The van der Waals surface area contributed by atoms with Crippen molar-refractivity contribution in [3.63, 3.8) is 0 Å². The molecule has 3 rings (SSSR count). The van der Waals surface area contributed by atoms with Gasteiger partial charge in [0.05, 0.1) is 6.61 Å². The zero-order valence-electron chi connectivity index (χ0n) is 18.1. The van der Waals surface area contributed by atoms with E-state index < -0.39 is 20.9 Å². The Morgan fingerprint density at radius 2 is 1.94 bits per heavy atom. The molecule has 1 amide bonds. The predicted octanol–water partition coefficient (Wildman–Crippen LogP) is 4.12. The third kappa shape index (κ3) is 6.77. The van der Waals surface area contributed by atoms with E-state index in [4.69, 9.17) is 21.1 Å². The summed E-state index contributed by atoms with van der Waals surface area (Å²) in [5.41, 5.74) is 1.24. The number of sulfone groups is 1. The number of halogens is 1. The van der Waals surface area contributed by atoms with E-state index >= 15 is 0 Å². The van der Waals surface area contributed by atoms with Crippen LogP contribution in [0.5, 0.6) is 11.5 Å². The quantitative estimate of drug-likeness (QED) is 0.330. The summed E-state index contributed by atoms with van der Waals surface area (Å²) in [6.07, 6.45) is 2.33. The summed E-state index contributed by atoms with van der Waals surface area (Å²) in [6.45, 7) is 2.51. The number of hydrogen-bond acceptors (Lipinski definition) is 9. The molecule has 0 aliphatic heterocycles. The summed E-state index contributed by atoms with van der Waals surface area (Å²) < 4.78 is 38.2. The lowest BCUT2D eigenvalue weighted by Gasteiger charge is -2.13. The molecule has 3 aromatic rings. The molecule has 0 saturated heterocycles. The number of nitriles is 1. The van der Waals surface area contributed by atoms with E-state index in [2.05, 4.69) is 14.7 Å². The van der Waals surface area contributed by atoms with E-state index in [9.17, 15) is 18.5 Å². The van der Waals surface area contributed by atoms with Crippen molar-refractivity contribution in [3.05, 3.63) is 64.2 Å². The van der Waals surface area contributed by atoms with E-state index in [1.807, 2.05) is 25.1 Å². The van der Waals surface area contributed by atoms with Crippen LogP contribution in [0.2, 0.25) is 5.02 Å². The van der Waals surface area contributed by atoms with Gasteiger partial charge in [-0.1, -0.05) is 29.8 Å².